The molecule has 1 aliphatic rings. The predicted octanol–water partition coefficient (Wildman–Crippen LogP) is 1.83. The monoisotopic (exact) mass is 221 g/mol. The Hall–Kier alpha value is -1.39. The van der Waals surface area contributed by atoms with Crippen molar-refractivity contribution in [2.75, 3.05) is 13.7 Å². The minimum atomic E-state index is -0.252. The predicted molar refractivity (Wildman–Crippen MR) is 58.6 cm³/mol. The molecule has 1 aromatic carbocycles. The summed E-state index contributed by atoms with van der Waals surface area (Å²) in [6, 6.07) is 9.07. The first-order valence-electron chi connectivity index (χ1n) is 5.37. The smallest absolute Gasteiger partial charge is 0.279 e. The minimum Gasteiger partial charge on any atom is -0.356 e. The van der Waals surface area contributed by atoms with Gasteiger partial charge in [0.05, 0.1) is 7.11 Å². The van der Waals surface area contributed by atoms with Crippen molar-refractivity contribution < 1.29 is 14.4 Å². The molecule has 0 aliphatic carbocycles. The van der Waals surface area contributed by atoms with Gasteiger partial charge in [-0.15, -0.1) is 0 Å². The molecular formula is C12H15NO3. The van der Waals surface area contributed by atoms with Gasteiger partial charge < -0.3 is 4.74 Å². The summed E-state index contributed by atoms with van der Waals surface area (Å²) in [5.41, 5.74) is 0.611. The van der Waals surface area contributed by atoms with E-state index in [1.165, 1.54) is 12.2 Å². The lowest BCUT2D eigenvalue weighted by molar-refractivity contribution is -0.186. The molecule has 1 aliphatic heterocycles. The van der Waals surface area contributed by atoms with Gasteiger partial charge in [-0.1, -0.05) is 18.2 Å². The fourth-order valence-electron chi connectivity index (χ4n) is 1.78. The SMILES string of the molecule is CON(C(=O)c1ccccc1)C1CCCO1. The lowest BCUT2D eigenvalue weighted by Crippen LogP contribution is -2.39. The van der Waals surface area contributed by atoms with Crippen LogP contribution in [-0.2, 0) is 9.57 Å². The van der Waals surface area contributed by atoms with Crippen LogP contribution >= 0.6 is 0 Å². The number of hydrogen-bond donors (Lipinski definition) is 0. The van der Waals surface area contributed by atoms with Gasteiger partial charge in [0.25, 0.3) is 5.91 Å². The van der Waals surface area contributed by atoms with E-state index < -0.39 is 0 Å². The van der Waals surface area contributed by atoms with Gasteiger partial charge in [-0.3, -0.25) is 9.63 Å². The molecule has 0 N–H and O–H groups in total. The zero-order valence-electron chi connectivity index (χ0n) is 9.26. The highest BCUT2D eigenvalue weighted by Crippen LogP contribution is 2.18. The number of hydrogen-bond acceptors (Lipinski definition) is 3. The lowest BCUT2D eigenvalue weighted by atomic mass is 10.2. The molecule has 1 atom stereocenters. The first-order chi connectivity index (χ1) is 7.83. The number of carbonyl (C=O) groups excluding carboxylic acids is 1. The summed E-state index contributed by atoms with van der Waals surface area (Å²) in [5, 5.41) is 1.31. The van der Waals surface area contributed by atoms with Gasteiger partial charge in [0.2, 0.25) is 0 Å². The highest BCUT2D eigenvalue weighted by atomic mass is 16.7. The topological polar surface area (TPSA) is 38.8 Å². The van der Waals surface area contributed by atoms with Gasteiger partial charge in [0.1, 0.15) is 0 Å². The second-order valence-corrected chi connectivity index (χ2v) is 3.65. The van der Waals surface area contributed by atoms with Crippen LogP contribution in [0.25, 0.3) is 0 Å². The second kappa shape index (κ2) is 5.09. The lowest BCUT2D eigenvalue weighted by Gasteiger charge is -2.25. The summed E-state index contributed by atoms with van der Waals surface area (Å²) in [6.07, 6.45) is 1.54. The zero-order valence-corrected chi connectivity index (χ0v) is 9.26. The minimum absolute atomic E-state index is 0.157. The van der Waals surface area contributed by atoms with Crippen molar-refractivity contribution in [2.45, 2.75) is 19.1 Å². The molecule has 86 valence electrons. The summed E-state index contributed by atoms with van der Waals surface area (Å²) < 4.78 is 5.43. The Kier molecular flexibility index (Phi) is 3.54. The molecule has 4 heteroatoms. The van der Waals surface area contributed by atoms with Gasteiger partial charge in [0.15, 0.2) is 6.23 Å². The summed E-state index contributed by atoms with van der Waals surface area (Å²) in [4.78, 5) is 17.2. The number of nitrogens with zero attached hydrogens (tertiary/aromatic N) is 1. The molecule has 0 bridgehead atoms. The molecule has 1 amide bonds. The van der Waals surface area contributed by atoms with Crippen LogP contribution in [-0.4, -0.2) is 30.9 Å². The number of ether oxygens (including phenoxy) is 1. The van der Waals surface area contributed by atoms with Crippen LogP contribution < -0.4 is 0 Å². The number of hydroxylamine groups is 2. The summed E-state index contributed by atoms with van der Waals surface area (Å²) in [7, 11) is 1.49. The molecule has 1 saturated heterocycles. The highest BCUT2D eigenvalue weighted by Gasteiger charge is 2.28. The number of carbonyl (C=O) groups is 1. The van der Waals surface area contributed by atoms with Gasteiger partial charge >= 0.3 is 0 Å². The molecule has 4 nitrogen and oxygen atoms in total. The van der Waals surface area contributed by atoms with Crippen LogP contribution in [0.15, 0.2) is 30.3 Å². The number of benzene rings is 1. The maximum absolute atomic E-state index is 12.1. The molecule has 1 fully saturated rings. The molecule has 0 aromatic heterocycles. The molecule has 0 saturated carbocycles. The van der Waals surface area contributed by atoms with Crippen molar-refractivity contribution in [1.82, 2.24) is 5.06 Å². The van der Waals surface area contributed by atoms with E-state index in [-0.39, 0.29) is 12.1 Å². The highest BCUT2D eigenvalue weighted by molar-refractivity contribution is 5.93. The van der Waals surface area contributed by atoms with Crippen LogP contribution in [0, 0.1) is 0 Å². The van der Waals surface area contributed by atoms with Crippen molar-refractivity contribution in [1.29, 1.82) is 0 Å². The Morgan fingerprint density at radius 2 is 2.19 bits per heavy atom. The van der Waals surface area contributed by atoms with E-state index in [0.29, 0.717) is 12.2 Å². The van der Waals surface area contributed by atoms with Gasteiger partial charge in [-0.05, 0) is 25.0 Å². The fourth-order valence-corrected chi connectivity index (χ4v) is 1.78. The Labute approximate surface area is 94.7 Å². The maximum atomic E-state index is 12.1. The third-order valence-corrected chi connectivity index (χ3v) is 2.58. The van der Waals surface area contributed by atoms with Crippen LogP contribution in [0.1, 0.15) is 23.2 Å². The third kappa shape index (κ3) is 2.23. The van der Waals surface area contributed by atoms with E-state index in [0.717, 1.165) is 12.8 Å². The molecule has 0 radical (unpaired) electrons. The first-order valence-corrected chi connectivity index (χ1v) is 5.37. The fraction of sp³-hybridized carbons (Fsp3) is 0.417. The number of rotatable bonds is 3. The molecule has 0 spiro atoms. The van der Waals surface area contributed by atoms with Gasteiger partial charge in [-0.2, -0.15) is 5.06 Å². The molecule has 1 aromatic rings. The van der Waals surface area contributed by atoms with E-state index in [1.807, 2.05) is 18.2 Å². The van der Waals surface area contributed by atoms with Gasteiger partial charge in [-0.25, -0.2) is 0 Å². The van der Waals surface area contributed by atoms with E-state index >= 15 is 0 Å². The molecule has 1 unspecified atom stereocenters. The van der Waals surface area contributed by atoms with E-state index in [4.69, 9.17) is 9.57 Å². The zero-order chi connectivity index (χ0) is 11.4. The number of amides is 1. The average molecular weight is 221 g/mol. The van der Waals surface area contributed by atoms with E-state index in [2.05, 4.69) is 0 Å². The Bertz CT molecular complexity index is 347. The molecule has 16 heavy (non-hydrogen) atoms. The molecule has 1 heterocycles. The van der Waals surface area contributed by atoms with Crippen LogP contribution in [0.3, 0.4) is 0 Å². The Balaban J connectivity index is 2.12. The Morgan fingerprint density at radius 1 is 1.44 bits per heavy atom. The summed E-state index contributed by atoms with van der Waals surface area (Å²) >= 11 is 0. The maximum Gasteiger partial charge on any atom is 0.279 e. The van der Waals surface area contributed by atoms with Crippen molar-refractivity contribution in [2.24, 2.45) is 0 Å². The Morgan fingerprint density at radius 3 is 2.75 bits per heavy atom. The van der Waals surface area contributed by atoms with Crippen molar-refractivity contribution >= 4 is 5.91 Å². The molecular weight excluding hydrogens is 206 g/mol. The largest absolute Gasteiger partial charge is 0.356 e. The third-order valence-electron chi connectivity index (χ3n) is 2.58. The molecule has 2 rings (SSSR count). The van der Waals surface area contributed by atoms with Crippen molar-refractivity contribution in [3.8, 4) is 0 Å². The normalized spacial score (nSPS) is 19.7. The van der Waals surface area contributed by atoms with E-state index in [1.54, 1.807) is 12.1 Å². The van der Waals surface area contributed by atoms with Crippen LogP contribution in [0.4, 0.5) is 0 Å². The summed E-state index contributed by atoms with van der Waals surface area (Å²) in [5.74, 6) is -0.157. The van der Waals surface area contributed by atoms with Crippen LogP contribution in [0.5, 0.6) is 0 Å². The first kappa shape index (κ1) is 11.1. The van der Waals surface area contributed by atoms with Crippen LogP contribution in [0.2, 0.25) is 0 Å². The average Bonchev–Trinajstić information content (AvgIpc) is 2.85. The van der Waals surface area contributed by atoms with Gasteiger partial charge in [0, 0.05) is 12.2 Å². The summed E-state index contributed by atoms with van der Waals surface area (Å²) in [6.45, 7) is 0.687. The van der Waals surface area contributed by atoms with Crippen molar-refractivity contribution in [3.63, 3.8) is 0 Å². The van der Waals surface area contributed by atoms with E-state index in [9.17, 15) is 4.79 Å². The van der Waals surface area contributed by atoms with Crippen molar-refractivity contribution in [3.05, 3.63) is 35.9 Å². The second-order valence-electron chi connectivity index (χ2n) is 3.65. The standard InChI is InChI=1S/C12H15NO3/c1-15-13(11-8-5-9-16-11)12(14)10-6-3-2-4-7-10/h2-4,6-7,11H,5,8-9H2,1H3. The quantitative estimate of drug-likeness (QED) is 0.731.